The minimum absolute atomic E-state index is 0.0796. The quantitative estimate of drug-likeness (QED) is 0.403. The molecule has 0 atom stereocenters. The third-order valence-electron chi connectivity index (χ3n) is 2.95. The topological polar surface area (TPSA) is 56.5 Å². The summed E-state index contributed by atoms with van der Waals surface area (Å²) in [6.07, 6.45) is 2.81. The van der Waals surface area contributed by atoms with Gasteiger partial charge in [-0.3, -0.25) is 0 Å². The maximum absolute atomic E-state index is 11.9. The largest absolute Gasteiger partial charge is 0.462 e. The van der Waals surface area contributed by atoms with Crippen LogP contribution < -0.4 is 5.63 Å². The number of esters is 1. The Morgan fingerprint density at radius 1 is 1.24 bits per heavy atom. The summed E-state index contributed by atoms with van der Waals surface area (Å²) in [4.78, 5) is 23.8. The van der Waals surface area contributed by atoms with E-state index in [4.69, 9.17) is 9.15 Å². The van der Waals surface area contributed by atoms with Gasteiger partial charge in [-0.2, -0.15) is 0 Å². The first-order valence-electron chi connectivity index (χ1n) is 6.63. The summed E-state index contributed by atoms with van der Waals surface area (Å²) in [5, 5.41) is 0.649. The number of rotatable bonds is 5. The Bertz CT molecular complexity index is 721. The zero-order valence-corrected chi connectivity index (χ0v) is 14.6. The molecule has 6 heteroatoms. The summed E-state index contributed by atoms with van der Waals surface area (Å²) in [6, 6.07) is 5.05. The minimum Gasteiger partial charge on any atom is -0.462 e. The number of fused-ring (bicyclic) bond motifs is 1. The van der Waals surface area contributed by atoms with Crippen LogP contribution in [0.15, 0.2) is 36.4 Å². The van der Waals surface area contributed by atoms with Crippen LogP contribution in [-0.2, 0) is 4.74 Å². The summed E-state index contributed by atoms with van der Waals surface area (Å²) < 4.78 is 11.8. The molecule has 0 fully saturated rings. The first-order valence-corrected chi connectivity index (χ1v) is 8.21. The number of unbranched alkanes of at least 4 members (excludes halogenated alkanes) is 2. The summed E-state index contributed by atoms with van der Waals surface area (Å²) in [6.45, 7) is 2.38. The van der Waals surface area contributed by atoms with Crippen molar-refractivity contribution in [2.24, 2.45) is 0 Å². The Kier molecular flexibility index (Phi) is 5.58. The van der Waals surface area contributed by atoms with E-state index in [0.717, 1.165) is 23.7 Å². The average molecular weight is 418 g/mol. The van der Waals surface area contributed by atoms with Gasteiger partial charge in [-0.15, -0.1) is 0 Å². The van der Waals surface area contributed by atoms with Gasteiger partial charge < -0.3 is 9.15 Å². The molecule has 1 aromatic heterocycles. The van der Waals surface area contributed by atoms with Crippen LogP contribution in [0.2, 0.25) is 0 Å². The van der Waals surface area contributed by atoms with Gasteiger partial charge in [0.2, 0.25) is 0 Å². The molecule has 0 radical (unpaired) electrons. The molecule has 0 aliphatic carbocycles. The molecule has 21 heavy (non-hydrogen) atoms. The standard InChI is InChI=1S/C15H14Br2O4/c1-2-3-4-5-20-14(18)11-7-9-6-10(16)8-12(17)13(9)21-15(11)19/h6-8H,2-5H2,1H3. The molecule has 0 aliphatic heterocycles. The lowest BCUT2D eigenvalue weighted by atomic mass is 10.2. The Balaban J connectivity index is 2.30. The first-order chi connectivity index (χ1) is 10.0. The molecule has 1 heterocycles. The van der Waals surface area contributed by atoms with Crippen molar-refractivity contribution in [3.8, 4) is 0 Å². The maximum atomic E-state index is 11.9. The maximum Gasteiger partial charge on any atom is 0.351 e. The van der Waals surface area contributed by atoms with Gasteiger partial charge in [-0.25, -0.2) is 9.59 Å². The number of carbonyl (C=O) groups is 1. The van der Waals surface area contributed by atoms with Crippen molar-refractivity contribution in [1.29, 1.82) is 0 Å². The van der Waals surface area contributed by atoms with Crippen molar-refractivity contribution in [1.82, 2.24) is 0 Å². The van der Waals surface area contributed by atoms with Crippen LogP contribution in [0.5, 0.6) is 0 Å². The van der Waals surface area contributed by atoms with Gasteiger partial charge in [0.1, 0.15) is 5.56 Å². The highest BCUT2D eigenvalue weighted by molar-refractivity contribution is 9.11. The van der Waals surface area contributed by atoms with E-state index in [1.807, 2.05) is 0 Å². The van der Waals surface area contributed by atoms with Crippen molar-refractivity contribution < 1.29 is 13.9 Å². The molecule has 0 N–H and O–H groups in total. The van der Waals surface area contributed by atoms with Crippen molar-refractivity contribution in [2.45, 2.75) is 26.2 Å². The van der Waals surface area contributed by atoms with E-state index in [0.29, 0.717) is 22.0 Å². The second-order valence-electron chi connectivity index (χ2n) is 4.60. The highest BCUT2D eigenvalue weighted by atomic mass is 79.9. The van der Waals surface area contributed by atoms with Crippen LogP contribution in [0.1, 0.15) is 36.5 Å². The van der Waals surface area contributed by atoms with E-state index in [2.05, 4.69) is 38.8 Å². The predicted octanol–water partition coefficient (Wildman–Crippen LogP) is 4.67. The fourth-order valence-corrected chi connectivity index (χ4v) is 3.23. The number of hydrogen-bond acceptors (Lipinski definition) is 4. The summed E-state index contributed by atoms with van der Waals surface area (Å²) in [5.74, 6) is -0.641. The second kappa shape index (κ2) is 7.22. The lowest BCUT2D eigenvalue weighted by Gasteiger charge is -2.05. The monoisotopic (exact) mass is 416 g/mol. The van der Waals surface area contributed by atoms with E-state index >= 15 is 0 Å². The second-order valence-corrected chi connectivity index (χ2v) is 6.37. The van der Waals surface area contributed by atoms with Crippen molar-refractivity contribution in [3.05, 3.63) is 43.1 Å². The van der Waals surface area contributed by atoms with E-state index in [9.17, 15) is 9.59 Å². The lowest BCUT2D eigenvalue weighted by molar-refractivity contribution is 0.0493. The van der Waals surface area contributed by atoms with Crippen molar-refractivity contribution in [3.63, 3.8) is 0 Å². The van der Waals surface area contributed by atoms with Crippen LogP contribution in [0.4, 0.5) is 0 Å². The van der Waals surface area contributed by atoms with Gasteiger partial charge in [0, 0.05) is 9.86 Å². The minimum atomic E-state index is -0.689. The lowest BCUT2D eigenvalue weighted by Crippen LogP contribution is -2.17. The van der Waals surface area contributed by atoms with Crippen LogP contribution in [0, 0.1) is 0 Å². The van der Waals surface area contributed by atoms with Gasteiger partial charge in [0.15, 0.2) is 5.58 Å². The highest BCUT2D eigenvalue weighted by Gasteiger charge is 2.16. The molecule has 0 spiro atoms. The molecule has 4 nitrogen and oxygen atoms in total. The van der Waals surface area contributed by atoms with E-state index in [1.165, 1.54) is 6.07 Å². The summed E-state index contributed by atoms with van der Waals surface area (Å²) in [7, 11) is 0. The molecular formula is C15H14Br2O4. The molecule has 0 aliphatic rings. The zero-order valence-electron chi connectivity index (χ0n) is 11.4. The molecule has 1 aromatic carbocycles. The summed E-state index contributed by atoms with van der Waals surface area (Å²) >= 11 is 6.68. The van der Waals surface area contributed by atoms with Crippen LogP contribution in [0.25, 0.3) is 11.0 Å². The fourth-order valence-electron chi connectivity index (χ4n) is 1.89. The zero-order chi connectivity index (χ0) is 15.4. The smallest absolute Gasteiger partial charge is 0.351 e. The molecule has 0 unspecified atom stereocenters. The van der Waals surface area contributed by atoms with E-state index in [-0.39, 0.29) is 5.56 Å². The Labute approximate surface area is 138 Å². The molecular weight excluding hydrogens is 404 g/mol. The molecule has 0 amide bonds. The highest BCUT2D eigenvalue weighted by Crippen LogP contribution is 2.28. The van der Waals surface area contributed by atoms with Gasteiger partial charge in [-0.05, 0) is 40.5 Å². The van der Waals surface area contributed by atoms with Crippen LogP contribution in [0.3, 0.4) is 0 Å². The van der Waals surface area contributed by atoms with Gasteiger partial charge in [-0.1, -0.05) is 35.7 Å². The van der Waals surface area contributed by atoms with Gasteiger partial charge in [0.05, 0.1) is 11.1 Å². The third-order valence-corrected chi connectivity index (χ3v) is 4.00. The predicted molar refractivity (Wildman–Crippen MR) is 87.7 cm³/mol. The van der Waals surface area contributed by atoms with E-state index < -0.39 is 11.6 Å². The molecule has 0 saturated carbocycles. The van der Waals surface area contributed by atoms with E-state index in [1.54, 1.807) is 12.1 Å². The molecule has 2 rings (SSSR count). The number of carbonyl (C=O) groups excluding carboxylic acids is 1. The Morgan fingerprint density at radius 2 is 2.00 bits per heavy atom. The SMILES string of the molecule is CCCCCOC(=O)c1cc2cc(Br)cc(Br)c2oc1=O. The summed E-state index contributed by atoms with van der Waals surface area (Å²) in [5.41, 5.74) is -0.360. The molecule has 0 saturated heterocycles. The first kappa shape index (κ1) is 16.2. The third kappa shape index (κ3) is 3.95. The number of halogens is 2. The molecule has 0 bridgehead atoms. The number of hydrogen-bond donors (Lipinski definition) is 0. The average Bonchev–Trinajstić information content (AvgIpc) is 2.43. The van der Waals surface area contributed by atoms with Crippen molar-refractivity contribution >= 4 is 48.8 Å². The van der Waals surface area contributed by atoms with Crippen LogP contribution in [-0.4, -0.2) is 12.6 Å². The molecule has 112 valence electrons. The van der Waals surface area contributed by atoms with Crippen molar-refractivity contribution in [2.75, 3.05) is 6.61 Å². The van der Waals surface area contributed by atoms with Gasteiger partial charge >= 0.3 is 11.6 Å². The van der Waals surface area contributed by atoms with Gasteiger partial charge in [0.25, 0.3) is 0 Å². The number of benzene rings is 1. The molecule has 2 aromatic rings. The normalized spacial score (nSPS) is 10.8. The number of ether oxygens (including phenoxy) is 1. The van der Waals surface area contributed by atoms with Crippen LogP contribution >= 0.6 is 31.9 Å². The Hall–Kier alpha value is -1.14. The Morgan fingerprint density at radius 3 is 2.71 bits per heavy atom. The fraction of sp³-hybridized carbons (Fsp3) is 0.333.